The molecule has 0 saturated heterocycles. The third-order valence-electron chi connectivity index (χ3n) is 4.54. The van der Waals surface area contributed by atoms with E-state index in [1.54, 1.807) is 6.07 Å². The second-order valence-corrected chi connectivity index (χ2v) is 6.48. The Morgan fingerprint density at radius 2 is 2.04 bits per heavy atom. The van der Waals surface area contributed by atoms with Crippen LogP contribution in [0, 0.1) is 31.1 Å². The number of furan rings is 1. The molecule has 1 amide bonds. The van der Waals surface area contributed by atoms with Crippen LogP contribution in [-0.2, 0) is 4.79 Å². The number of aryl methyl sites for hydroxylation is 2. The Hall–Kier alpha value is -2.80. The van der Waals surface area contributed by atoms with Gasteiger partial charge in [-0.05, 0) is 61.6 Å². The molecule has 4 heteroatoms. The van der Waals surface area contributed by atoms with Gasteiger partial charge in [-0.3, -0.25) is 4.79 Å². The van der Waals surface area contributed by atoms with Crippen LogP contribution in [0.3, 0.4) is 0 Å². The zero-order valence-corrected chi connectivity index (χ0v) is 14.1. The third-order valence-corrected chi connectivity index (χ3v) is 4.54. The first-order chi connectivity index (χ1) is 11.5. The lowest BCUT2D eigenvalue weighted by Crippen LogP contribution is -2.13. The van der Waals surface area contributed by atoms with Crippen molar-refractivity contribution < 1.29 is 9.21 Å². The Labute approximate surface area is 141 Å². The van der Waals surface area contributed by atoms with E-state index in [-0.39, 0.29) is 5.57 Å². The van der Waals surface area contributed by atoms with E-state index in [9.17, 15) is 10.1 Å². The average Bonchev–Trinajstić information content (AvgIpc) is 3.09. The van der Waals surface area contributed by atoms with Gasteiger partial charge in [0.1, 0.15) is 23.2 Å². The predicted molar refractivity (Wildman–Crippen MR) is 93.4 cm³/mol. The van der Waals surface area contributed by atoms with E-state index in [0.29, 0.717) is 23.3 Å². The summed E-state index contributed by atoms with van der Waals surface area (Å²) in [4.78, 5) is 12.3. The molecule has 1 saturated carbocycles. The molecule has 1 aromatic heterocycles. The summed E-state index contributed by atoms with van der Waals surface area (Å²) in [5.74, 6) is 2.16. The zero-order chi connectivity index (χ0) is 17.3. The molecular formula is C20H20N2O2. The first-order valence-corrected chi connectivity index (χ1v) is 8.08. The van der Waals surface area contributed by atoms with Crippen LogP contribution in [0.2, 0.25) is 0 Å². The van der Waals surface area contributed by atoms with Crippen molar-refractivity contribution in [2.24, 2.45) is 5.92 Å². The maximum absolute atomic E-state index is 12.3. The first kappa shape index (κ1) is 16.1. The maximum Gasteiger partial charge on any atom is 0.266 e. The Morgan fingerprint density at radius 3 is 2.67 bits per heavy atom. The fraction of sp³-hybridized carbons (Fsp3) is 0.300. The number of nitrogens with zero attached hydrogens (tertiary/aromatic N) is 1. The van der Waals surface area contributed by atoms with Crippen LogP contribution in [-0.4, -0.2) is 5.91 Å². The minimum absolute atomic E-state index is 0.0259. The van der Waals surface area contributed by atoms with Gasteiger partial charge in [0.2, 0.25) is 0 Å². The molecule has 4 nitrogen and oxygen atoms in total. The van der Waals surface area contributed by atoms with Crippen LogP contribution in [0.5, 0.6) is 0 Å². The number of amides is 1. The van der Waals surface area contributed by atoms with Gasteiger partial charge in [0.15, 0.2) is 0 Å². The molecule has 2 aromatic rings. The molecule has 1 N–H and O–H groups in total. The highest BCUT2D eigenvalue weighted by atomic mass is 16.3. The number of rotatable bonds is 4. The van der Waals surface area contributed by atoms with E-state index in [1.165, 1.54) is 6.08 Å². The van der Waals surface area contributed by atoms with E-state index in [1.807, 2.05) is 44.2 Å². The normalized spacial score (nSPS) is 19.7. The minimum atomic E-state index is -0.432. The van der Waals surface area contributed by atoms with Gasteiger partial charge < -0.3 is 9.73 Å². The number of carbonyl (C=O) groups excluding carboxylic acids is 1. The average molecular weight is 320 g/mol. The molecule has 2 atom stereocenters. The summed E-state index contributed by atoms with van der Waals surface area (Å²) < 4.78 is 5.74. The molecule has 1 heterocycles. The molecule has 3 rings (SSSR count). The van der Waals surface area contributed by atoms with E-state index >= 15 is 0 Å². The molecular weight excluding hydrogens is 300 g/mol. The minimum Gasteiger partial charge on any atom is -0.461 e. The summed E-state index contributed by atoms with van der Waals surface area (Å²) >= 11 is 0. The maximum atomic E-state index is 12.3. The molecule has 0 aliphatic heterocycles. The number of nitrogens with one attached hydrogen (secondary N) is 1. The lowest BCUT2D eigenvalue weighted by atomic mass is 10.1. The first-order valence-electron chi connectivity index (χ1n) is 8.08. The Morgan fingerprint density at radius 1 is 1.29 bits per heavy atom. The number of benzene rings is 1. The second kappa shape index (κ2) is 6.37. The van der Waals surface area contributed by atoms with Crippen molar-refractivity contribution in [2.45, 2.75) is 33.1 Å². The summed E-state index contributed by atoms with van der Waals surface area (Å²) in [6, 6.07) is 11.3. The molecule has 0 unspecified atom stereocenters. The highest BCUT2D eigenvalue weighted by molar-refractivity contribution is 6.09. The van der Waals surface area contributed by atoms with Gasteiger partial charge in [0.05, 0.1) is 0 Å². The molecule has 0 radical (unpaired) electrons. The number of hydrogen-bond donors (Lipinski definition) is 1. The van der Waals surface area contributed by atoms with Gasteiger partial charge in [0, 0.05) is 17.7 Å². The molecule has 1 aliphatic rings. The van der Waals surface area contributed by atoms with Crippen molar-refractivity contribution in [1.29, 1.82) is 5.26 Å². The van der Waals surface area contributed by atoms with Crippen molar-refractivity contribution in [1.82, 2.24) is 0 Å². The fourth-order valence-corrected chi connectivity index (χ4v) is 2.67. The molecule has 122 valence electrons. The molecule has 0 spiro atoms. The second-order valence-electron chi connectivity index (χ2n) is 6.48. The van der Waals surface area contributed by atoms with Gasteiger partial charge >= 0.3 is 0 Å². The van der Waals surface area contributed by atoms with Crippen molar-refractivity contribution in [3.8, 4) is 6.07 Å². The lowest BCUT2D eigenvalue weighted by molar-refractivity contribution is -0.112. The summed E-state index contributed by atoms with van der Waals surface area (Å²) in [7, 11) is 0. The lowest BCUT2D eigenvalue weighted by Gasteiger charge is -2.06. The Bertz CT molecular complexity index is 855. The summed E-state index contributed by atoms with van der Waals surface area (Å²) in [5.41, 5.74) is 2.94. The van der Waals surface area contributed by atoms with Gasteiger partial charge in [0.25, 0.3) is 5.91 Å². The quantitative estimate of drug-likeness (QED) is 0.663. The van der Waals surface area contributed by atoms with Gasteiger partial charge in [-0.1, -0.05) is 13.0 Å². The van der Waals surface area contributed by atoms with Crippen LogP contribution >= 0.6 is 0 Å². The van der Waals surface area contributed by atoms with Gasteiger partial charge in [-0.2, -0.15) is 5.26 Å². The van der Waals surface area contributed by atoms with Crippen molar-refractivity contribution >= 4 is 17.7 Å². The zero-order valence-electron chi connectivity index (χ0n) is 14.1. The largest absolute Gasteiger partial charge is 0.461 e. The predicted octanol–water partition coefficient (Wildman–Crippen LogP) is 4.57. The molecule has 1 aromatic carbocycles. The summed E-state index contributed by atoms with van der Waals surface area (Å²) in [6.45, 7) is 6.17. The van der Waals surface area contributed by atoms with E-state index in [4.69, 9.17) is 4.42 Å². The number of carbonyl (C=O) groups is 1. The monoisotopic (exact) mass is 320 g/mol. The third kappa shape index (κ3) is 3.41. The van der Waals surface area contributed by atoms with E-state index < -0.39 is 5.91 Å². The molecule has 1 fully saturated rings. The highest BCUT2D eigenvalue weighted by Crippen LogP contribution is 2.47. The van der Waals surface area contributed by atoms with Crippen LogP contribution in [0.25, 0.3) is 6.08 Å². The Kier molecular flexibility index (Phi) is 4.26. The van der Waals surface area contributed by atoms with E-state index in [0.717, 1.165) is 23.3 Å². The standard InChI is InChI=1S/C20H20N2O2/c1-12-4-5-16(8-13(12)2)22-20(23)15(11-21)10-17-6-7-19(24-17)18-9-14(18)3/h4-8,10,14,18H,9H2,1-3H3,(H,22,23)/b15-10+/t14-,18+/m0/s1. The fourth-order valence-electron chi connectivity index (χ4n) is 2.67. The van der Waals surface area contributed by atoms with E-state index in [2.05, 4.69) is 12.2 Å². The number of anilines is 1. The topological polar surface area (TPSA) is 66.0 Å². The summed E-state index contributed by atoms with van der Waals surface area (Å²) in [6.07, 6.45) is 2.63. The SMILES string of the molecule is Cc1ccc(NC(=O)/C(C#N)=C/c2ccc([C@@H]3C[C@@H]3C)o2)cc1C. The Balaban J connectivity index is 1.75. The molecule has 0 bridgehead atoms. The smallest absolute Gasteiger partial charge is 0.266 e. The van der Waals surface area contributed by atoms with Crippen LogP contribution in [0.15, 0.2) is 40.3 Å². The van der Waals surface area contributed by atoms with Crippen molar-refractivity contribution in [3.05, 3.63) is 58.6 Å². The number of nitriles is 1. The van der Waals surface area contributed by atoms with Crippen LogP contribution in [0.1, 0.15) is 41.9 Å². The highest BCUT2D eigenvalue weighted by Gasteiger charge is 2.36. The van der Waals surface area contributed by atoms with Gasteiger partial charge in [-0.15, -0.1) is 0 Å². The van der Waals surface area contributed by atoms with Gasteiger partial charge in [-0.25, -0.2) is 0 Å². The van der Waals surface area contributed by atoms with Crippen molar-refractivity contribution in [2.75, 3.05) is 5.32 Å². The van der Waals surface area contributed by atoms with Crippen LogP contribution < -0.4 is 5.32 Å². The number of hydrogen-bond acceptors (Lipinski definition) is 3. The molecule has 24 heavy (non-hydrogen) atoms. The van der Waals surface area contributed by atoms with Crippen molar-refractivity contribution in [3.63, 3.8) is 0 Å². The van der Waals surface area contributed by atoms with Crippen LogP contribution in [0.4, 0.5) is 5.69 Å². The molecule has 1 aliphatic carbocycles. The summed E-state index contributed by atoms with van der Waals surface area (Å²) in [5, 5.41) is 12.0.